The number of nitrogens with zero attached hydrogens (tertiary/aromatic N) is 1. The lowest BCUT2D eigenvalue weighted by Gasteiger charge is -2.08. The summed E-state index contributed by atoms with van der Waals surface area (Å²) < 4.78 is 0. The number of nitrogens with two attached hydrogens (primary N) is 1. The van der Waals surface area contributed by atoms with Crippen molar-refractivity contribution < 1.29 is 4.79 Å². The highest BCUT2D eigenvalue weighted by Gasteiger charge is 2.06. The van der Waals surface area contributed by atoms with Crippen LogP contribution in [0.3, 0.4) is 0 Å². The molecule has 2 rings (SSSR count). The third-order valence-corrected chi connectivity index (χ3v) is 2.72. The summed E-state index contributed by atoms with van der Waals surface area (Å²) in [5.74, 6) is -0.0419. The molecular weight excluding hydrogens is 297 g/mol. The highest BCUT2D eigenvalue weighted by atomic mass is 35.5. The highest BCUT2D eigenvalue weighted by Crippen LogP contribution is 2.15. The number of fused-ring (bicyclic) bond motifs is 1. The van der Waals surface area contributed by atoms with Crippen LogP contribution in [0.4, 0.5) is 0 Å². The van der Waals surface area contributed by atoms with Crippen LogP contribution in [0.15, 0.2) is 36.5 Å². The minimum absolute atomic E-state index is 0. The van der Waals surface area contributed by atoms with E-state index in [9.17, 15) is 4.79 Å². The summed E-state index contributed by atoms with van der Waals surface area (Å²) in [7, 11) is 0. The van der Waals surface area contributed by atoms with Crippen molar-refractivity contribution in [1.82, 2.24) is 10.3 Å². The van der Waals surface area contributed by atoms with E-state index in [-0.39, 0.29) is 36.8 Å². The first-order valence-electron chi connectivity index (χ1n) is 6.01. The Balaban J connectivity index is 0.00000180. The van der Waals surface area contributed by atoms with Crippen LogP contribution >= 0.6 is 24.8 Å². The molecule has 1 aromatic carbocycles. The van der Waals surface area contributed by atoms with Gasteiger partial charge in [0.2, 0.25) is 5.91 Å². The first-order chi connectivity index (χ1) is 8.66. The fraction of sp³-hybridized carbons (Fsp3) is 0.286. The second-order valence-electron chi connectivity index (χ2n) is 4.44. The number of pyridine rings is 1. The molecule has 2 aromatic rings. The van der Waals surface area contributed by atoms with E-state index in [2.05, 4.69) is 10.3 Å². The van der Waals surface area contributed by atoms with Crippen LogP contribution in [0.5, 0.6) is 0 Å². The summed E-state index contributed by atoms with van der Waals surface area (Å²) in [5.41, 5.74) is 6.46. The summed E-state index contributed by atoms with van der Waals surface area (Å²) in [6.07, 6.45) is 2.10. The van der Waals surface area contributed by atoms with Gasteiger partial charge in [0.05, 0.1) is 12.2 Å². The van der Waals surface area contributed by atoms with E-state index in [1.807, 2.05) is 37.3 Å². The molecule has 0 spiro atoms. The molecule has 0 saturated carbocycles. The number of hydrogen-bond acceptors (Lipinski definition) is 3. The molecule has 0 aliphatic rings. The number of carbonyl (C=O) groups is 1. The van der Waals surface area contributed by atoms with Gasteiger partial charge in [-0.25, -0.2) is 0 Å². The van der Waals surface area contributed by atoms with Crippen LogP contribution in [0.2, 0.25) is 0 Å². The average Bonchev–Trinajstić information content (AvgIpc) is 2.35. The Bertz CT molecular complexity index is 556. The number of benzene rings is 1. The van der Waals surface area contributed by atoms with Crippen LogP contribution < -0.4 is 11.1 Å². The van der Waals surface area contributed by atoms with Crippen LogP contribution in [-0.4, -0.2) is 16.9 Å². The Morgan fingerprint density at radius 2 is 2.00 bits per heavy atom. The normalized spacial score (nSPS) is 11.1. The Kier molecular flexibility index (Phi) is 8.15. The third kappa shape index (κ3) is 4.96. The summed E-state index contributed by atoms with van der Waals surface area (Å²) in [6, 6.07) is 9.84. The average molecular weight is 316 g/mol. The van der Waals surface area contributed by atoms with E-state index in [0.717, 1.165) is 16.5 Å². The van der Waals surface area contributed by atoms with Gasteiger partial charge in [-0.3, -0.25) is 9.78 Å². The number of nitrogens with one attached hydrogen (secondary N) is 1. The lowest BCUT2D eigenvalue weighted by molar-refractivity contribution is -0.121. The molecule has 20 heavy (non-hydrogen) atoms. The molecule has 1 aromatic heterocycles. The van der Waals surface area contributed by atoms with Crippen LogP contribution in [0.1, 0.15) is 19.0 Å². The Labute approximate surface area is 131 Å². The van der Waals surface area contributed by atoms with E-state index in [1.165, 1.54) is 0 Å². The number of aromatic nitrogens is 1. The number of carbonyl (C=O) groups excluding carboxylic acids is 1. The molecular formula is C14H19Cl2N3O. The summed E-state index contributed by atoms with van der Waals surface area (Å²) in [5, 5.41) is 5.04. The van der Waals surface area contributed by atoms with E-state index in [0.29, 0.717) is 13.0 Å². The van der Waals surface area contributed by atoms with Gasteiger partial charge in [-0.2, -0.15) is 0 Å². The molecule has 0 bridgehead atoms. The molecule has 4 nitrogen and oxygen atoms in total. The maximum absolute atomic E-state index is 11.5. The van der Waals surface area contributed by atoms with Crippen LogP contribution in [0.25, 0.3) is 10.8 Å². The molecule has 1 heterocycles. The number of amides is 1. The van der Waals surface area contributed by atoms with Gasteiger partial charge >= 0.3 is 0 Å². The molecule has 110 valence electrons. The van der Waals surface area contributed by atoms with E-state index in [4.69, 9.17) is 5.73 Å². The van der Waals surface area contributed by atoms with Crippen molar-refractivity contribution in [2.45, 2.75) is 25.9 Å². The van der Waals surface area contributed by atoms with Gasteiger partial charge < -0.3 is 11.1 Å². The molecule has 0 saturated heterocycles. The lowest BCUT2D eigenvalue weighted by Crippen LogP contribution is -2.29. The van der Waals surface area contributed by atoms with Crippen molar-refractivity contribution in [2.24, 2.45) is 5.73 Å². The topological polar surface area (TPSA) is 68.0 Å². The van der Waals surface area contributed by atoms with Gasteiger partial charge in [-0.1, -0.05) is 24.3 Å². The summed E-state index contributed by atoms with van der Waals surface area (Å²) in [6.45, 7) is 2.25. The first-order valence-corrected chi connectivity index (χ1v) is 6.01. The van der Waals surface area contributed by atoms with Gasteiger partial charge in [-0.05, 0) is 18.4 Å². The summed E-state index contributed by atoms with van der Waals surface area (Å²) in [4.78, 5) is 15.9. The third-order valence-electron chi connectivity index (χ3n) is 2.72. The molecule has 6 heteroatoms. The zero-order valence-electron chi connectivity index (χ0n) is 11.2. The van der Waals surface area contributed by atoms with Crippen molar-refractivity contribution >= 4 is 41.5 Å². The zero-order chi connectivity index (χ0) is 13.0. The smallest absolute Gasteiger partial charge is 0.221 e. The minimum atomic E-state index is -0.120. The standard InChI is InChI=1S/C14H17N3O.2ClH/c1-10(15)8-14(18)17-9-13-12-5-3-2-4-11(12)6-7-16-13;;/h2-7,10H,8-9,15H2,1H3,(H,17,18);2*1H. The van der Waals surface area contributed by atoms with Gasteiger partial charge in [0.25, 0.3) is 0 Å². The molecule has 1 amide bonds. The van der Waals surface area contributed by atoms with Crippen molar-refractivity contribution in [3.05, 3.63) is 42.2 Å². The lowest BCUT2D eigenvalue weighted by atomic mass is 10.1. The van der Waals surface area contributed by atoms with Gasteiger partial charge in [0.15, 0.2) is 0 Å². The van der Waals surface area contributed by atoms with Gasteiger partial charge in [-0.15, -0.1) is 24.8 Å². The molecule has 0 aliphatic carbocycles. The minimum Gasteiger partial charge on any atom is -0.350 e. The van der Waals surface area contributed by atoms with Crippen LogP contribution in [0, 0.1) is 0 Å². The molecule has 0 fully saturated rings. The first kappa shape index (κ1) is 18.6. The van der Waals surface area contributed by atoms with E-state index < -0.39 is 0 Å². The van der Waals surface area contributed by atoms with E-state index >= 15 is 0 Å². The largest absolute Gasteiger partial charge is 0.350 e. The number of rotatable bonds is 4. The monoisotopic (exact) mass is 315 g/mol. The van der Waals surface area contributed by atoms with Crippen LogP contribution in [-0.2, 0) is 11.3 Å². The Morgan fingerprint density at radius 3 is 2.70 bits per heavy atom. The maximum atomic E-state index is 11.5. The number of halogens is 2. The Morgan fingerprint density at radius 1 is 1.30 bits per heavy atom. The molecule has 1 unspecified atom stereocenters. The van der Waals surface area contributed by atoms with Crippen molar-refractivity contribution in [3.63, 3.8) is 0 Å². The SMILES string of the molecule is CC(N)CC(=O)NCc1nccc2ccccc12.Cl.Cl. The molecule has 0 radical (unpaired) electrons. The maximum Gasteiger partial charge on any atom is 0.221 e. The predicted octanol–water partition coefficient (Wildman–Crippen LogP) is 2.43. The van der Waals surface area contributed by atoms with Crippen molar-refractivity contribution in [3.8, 4) is 0 Å². The quantitative estimate of drug-likeness (QED) is 0.910. The van der Waals surface area contributed by atoms with E-state index in [1.54, 1.807) is 6.20 Å². The fourth-order valence-corrected chi connectivity index (χ4v) is 1.87. The summed E-state index contributed by atoms with van der Waals surface area (Å²) >= 11 is 0. The number of hydrogen-bond donors (Lipinski definition) is 2. The fourth-order valence-electron chi connectivity index (χ4n) is 1.87. The second kappa shape index (κ2) is 8.74. The second-order valence-corrected chi connectivity index (χ2v) is 4.44. The van der Waals surface area contributed by atoms with Gasteiger partial charge in [0.1, 0.15) is 0 Å². The highest BCUT2D eigenvalue weighted by molar-refractivity contribution is 5.86. The molecule has 1 atom stereocenters. The van der Waals surface area contributed by atoms with Crippen molar-refractivity contribution in [1.29, 1.82) is 0 Å². The molecule has 3 N–H and O–H groups in total. The predicted molar refractivity (Wildman–Crippen MR) is 86.4 cm³/mol. The van der Waals surface area contributed by atoms with Crippen molar-refractivity contribution in [2.75, 3.05) is 0 Å². The zero-order valence-corrected chi connectivity index (χ0v) is 12.8. The Hall–Kier alpha value is -1.36. The molecule has 0 aliphatic heterocycles. The van der Waals surface area contributed by atoms with Gasteiger partial charge in [0, 0.05) is 24.0 Å².